The second-order valence-corrected chi connectivity index (χ2v) is 8.45. The Morgan fingerprint density at radius 3 is 2.97 bits per heavy atom. The number of ether oxygens (including phenoxy) is 1. The molecule has 2 unspecified atom stereocenters. The maximum Gasteiger partial charge on any atom is 0.242 e. The zero-order chi connectivity index (χ0) is 21.1. The fourth-order valence-corrected chi connectivity index (χ4v) is 5.07. The smallest absolute Gasteiger partial charge is 0.242 e. The summed E-state index contributed by atoms with van der Waals surface area (Å²) in [5, 5.41) is 2.10. The van der Waals surface area contributed by atoms with E-state index in [1.807, 2.05) is 29.2 Å². The molecule has 0 fully saturated rings. The van der Waals surface area contributed by atoms with E-state index >= 15 is 0 Å². The predicted molar refractivity (Wildman–Crippen MR) is 118 cm³/mol. The Kier molecular flexibility index (Phi) is 6.15. The lowest BCUT2D eigenvalue weighted by Crippen LogP contribution is -2.45. The molecule has 2 amide bonds. The van der Waals surface area contributed by atoms with Gasteiger partial charge >= 0.3 is 0 Å². The molecule has 8 heteroatoms. The highest BCUT2D eigenvalue weighted by Gasteiger charge is 2.40. The number of amides is 2. The third-order valence-electron chi connectivity index (χ3n) is 5.19. The molecule has 2 aromatic rings. The maximum absolute atomic E-state index is 13.4. The van der Waals surface area contributed by atoms with E-state index in [4.69, 9.17) is 9.73 Å². The van der Waals surface area contributed by atoms with Crippen molar-refractivity contribution >= 4 is 35.1 Å². The van der Waals surface area contributed by atoms with Crippen LogP contribution in [0.4, 0.5) is 5.82 Å². The Labute approximate surface area is 179 Å². The number of benzene rings is 1. The molecule has 0 saturated carbocycles. The van der Waals surface area contributed by atoms with Crippen molar-refractivity contribution in [2.75, 3.05) is 32.1 Å². The van der Waals surface area contributed by atoms with Crippen LogP contribution in [0.15, 0.2) is 47.6 Å². The summed E-state index contributed by atoms with van der Waals surface area (Å²) in [6.07, 6.45) is 2.44. The predicted octanol–water partition coefficient (Wildman–Crippen LogP) is 2.67. The van der Waals surface area contributed by atoms with Gasteiger partial charge in [0.1, 0.15) is 16.4 Å². The molecule has 0 saturated heterocycles. The van der Waals surface area contributed by atoms with E-state index in [9.17, 15) is 9.59 Å². The highest BCUT2D eigenvalue weighted by Crippen LogP contribution is 2.43. The number of nitrogens with one attached hydrogen (secondary N) is 1. The van der Waals surface area contributed by atoms with Crippen molar-refractivity contribution < 1.29 is 14.3 Å². The van der Waals surface area contributed by atoms with Crippen LogP contribution in [0, 0.1) is 0 Å². The van der Waals surface area contributed by atoms with Gasteiger partial charge in [0, 0.05) is 38.9 Å². The molecule has 30 heavy (non-hydrogen) atoms. The first-order valence-corrected chi connectivity index (χ1v) is 10.8. The number of anilines is 1. The van der Waals surface area contributed by atoms with Gasteiger partial charge in [-0.3, -0.25) is 14.6 Å². The summed E-state index contributed by atoms with van der Waals surface area (Å²) in [5.74, 6) is 0.382. The van der Waals surface area contributed by atoms with E-state index in [0.717, 1.165) is 23.3 Å². The Morgan fingerprint density at radius 2 is 2.17 bits per heavy atom. The SMILES string of the molecule is COCCN1CCc2ccccc2C2=NC(c3ccnc(NC(C)=O)c3)SC2C1=O. The van der Waals surface area contributed by atoms with Crippen LogP contribution >= 0.6 is 11.8 Å². The zero-order valence-corrected chi connectivity index (χ0v) is 17.8. The van der Waals surface area contributed by atoms with Crippen molar-refractivity contribution in [3.05, 3.63) is 59.3 Å². The van der Waals surface area contributed by atoms with Crippen LogP contribution in [0.5, 0.6) is 0 Å². The van der Waals surface area contributed by atoms with Gasteiger partial charge in [-0.05, 0) is 29.7 Å². The molecule has 7 nitrogen and oxygen atoms in total. The summed E-state index contributed by atoms with van der Waals surface area (Å²) in [6.45, 7) is 3.18. The topological polar surface area (TPSA) is 83.9 Å². The fraction of sp³-hybridized carbons (Fsp3) is 0.364. The number of methoxy groups -OCH3 is 1. The molecular formula is C22H24N4O3S. The van der Waals surface area contributed by atoms with Crippen molar-refractivity contribution in [2.45, 2.75) is 24.0 Å². The molecular weight excluding hydrogens is 400 g/mol. The second-order valence-electron chi connectivity index (χ2n) is 7.26. The number of carbonyl (C=O) groups is 2. The second kappa shape index (κ2) is 8.97. The monoisotopic (exact) mass is 424 g/mol. The normalized spacial score (nSPS) is 20.7. The summed E-state index contributed by atoms with van der Waals surface area (Å²) >= 11 is 1.53. The molecule has 1 aromatic carbocycles. The van der Waals surface area contributed by atoms with Crippen LogP contribution in [-0.4, -0.2) is 59.5 Å². The van der Waals surface area contributed by atoms with E-state index in [0.29, 0.717) is 25.5 Å². The molecule has 4 rings (SSSR count). The van der Waals surface area contributed by atoms with Crippen molar-refractivity contribution in [1.82, 2.24) is 9.88 Å². The minimum absolute atomic E-state index is 0.0731. The molecule has 2 aliphatic rings. The highest BCUT2D eigenvalue weighted by molar-refractivity contribution is 8.02. The number of nitrogens with zero attached hydrogens (tertiary/aromatic N) is 3. The minimum atomic E-state index is -0.370. The summed E-state index contributed by atoms with van der Waals surface area (Å²) in [5.41, 5.74) is 3.98. The standard InChI is InChI=1S/C22H24N4O3S/c1-14(27)24-18-13-16(7-9-23-18)21-25-19-17-6-4-3-5-15(17)8-10-26(11-12-29-2)22(28)20(19)30-21/h3-7,9,13,20-21H,8,10-12H2,1-2H3,(H,23,24,27). The quantitative estimate of drug-likeness (QED) is 0.798. The Balaban J connectivity index is 1.70. The average Bonchev–Trinajstić information content (AvgIpc) is 3.17. The van der Waals surface area contributed by atoms with E-state index < -0.39 is 0 Å². The molecule has 0 bridgehead atoms. The summed E-state index contributed by atoms with van der Waals surface area (Å²) < 4.78 is 5.21. The summed E-state index contributed by atoms with van der Waals surface area (Å²) in [4.78, 5) is 35.8. The molecule has 1 N–H and O–H groups in total. The Bertz CT molecular complexity index is 994. The molecule has 3 heterocycles. The Hall–Kier alpha value is -2.71. The number of hydrogen-bond donors (Lipinski definition) is 1. The van der Waals surface area contributed by atoms with Gasteiger partial charge in [0.15, 0.2) is 0 Å². The van der Waals surface area contributed by atoms with Crippen molar-refractivity contribution in [1.29, 1.82) is 0 Å². The summed E-state index contributed by atoms with van der Waals surface area (Å²) in [7, 11) is 1.65. The van der Waals surface area contributed by atoms with Crippen LogP contribution in [0.25, 0.3) is 0 Å². The summed E-state index contributed by atoms with van der Waals surface area (Å²) in [6, 6.07) is 11.9. The first-order valence-electron chi connectivity index (χ1n) is 9.89. The molecule has 0 aliphatic carbocycles. The number of rotatable bonds is 5. The minimum Gasteiger partial charge on any atom is -0.383 e. The van der Waals surface area contributed by atoms with E-state index in [1.165, 1.54) is 24.2 Å². The van der Waals surface area contributed by atoms with Gasteiger partial charge in [0.25, 0.3) is 0 Å². The van der Waals surface area contributed by atoms with Gasteiger partial charge < -0.3 is 15.0 Å². The number of carbonyl (C=O) groups excluding carboxylic acids is 2. The number of hydrogen-bond acceptors (Lipinski definition) is 6. The van der Waals surface area contributed by atoms with Crippen molar-refractivity contribution in [2.24, 2.45) is 4.99 Å². The van der Waals surface area contributed by atoms with Crippen LogP contribution in [0.1, 0.15) is 29.0 Å². The van der Waals surface area contributed by atoms with E-state index in [1.54, 1.807) is 13.3 Å². The fourth-order valence-electron chi connectivity index (χ4n) is 3.75. The van der Waals surface area contributed by atoms with Crippen LogP contribution in [0.3, 0.4) is 0 Å². The lowest BCUT2D eigenvalue weighted by molar-refractivity contribution is -0.130. The zero-order valence-electron chi connectivity index (χ0n) is 17.0. The number of pyridine rings is 1. The average molecular weight is 425 g/mol. The van der Waals surface area contributed by atoms with E-state index in [2.05, 4.69) is 22.4 Å². The van der Waals surface area contributed by atoms with Crippen molar-refractivity contribution in [3.63, 3.8) is 0 Å². The largest absolute Gasteiger partial charge is 0.383 e. The van der Waals surface area contributed by atoms with Crippen LogP contribution in [-0.2, 0) is 20.7 Å². The van der Waals surface area contributed by atoms with Gasteiger partial charge in [-0.15, -0.1) is 11.8 Å². The lowest BCUT2D eigenvalue weighted by atomic mass is 9.95. The Morgan fingerprint density at radius 1 is 1.33 bits per heavy atom. The number of thioether (sulfide) groups is 1. The molecule has 156 valence electrons. The molecule has 0 spiro atoms. The third-order valence-corrected chi connectivity index (χ3v) is 6.52. The molecule has 2 atom stereocenters. The first-order chi connectivity index (χ1) is 14.6. The number of aliphatic imine (C=N–C) groups is 1. The van der Waals surface area contributed by atoms with Gasteiger partial charge in [0.2, 0.25) is 11.8 Å². The number of aromatic nitrogens is 1. The van der Waals surface area contributed by atoms with Gasteiger partial charge in [0.05, 0.1) is 12.3 Å². The van der Waals surface area contributed by atoms with Gasteiger partial charge in [-0.25, -0.2) is 4.98 Å². The lowest BCUT2D eigenvalue weighted by Gasteiger charge is -2.29. The molecule has 1 aromatic heterocycles. The van der Waals surface area contributed by atoms with Gasteiger partial charge in [-0.2, -0.15) is 0 Å². The molecule has 2 aliphatic heterocycles. The van der Waals surface area contributed by atoms with Crippen molar-refractivity contribution in [3.8, 4) is 0 Å². The highest BCUT2D eigenvalue weighted by atomic mass is 32.2. The van der Waals surface area contributed by atoms with E-state index in [-0.39, 0.29) is 22.4 Å². The van der Waals surface area contributed by atoms with Crippen LogP contribution in [0.2, 0.25) is 0 Å². The van der Waals surface area contributed by atoms with Crippen LogP contribution < -0.4 is 5.32 Å². The first kappa shape index (κ1) is 20.6. The van der Waals surface area contributed by atoms with Gasteiger partial charge in [-0.1, -0.05) is 24.3 Å². The maximum atomic E-state index is 13.4. The third kappa shape index (κ3) is 4.24. The number of fused-ring (bicyclic) bond motifs is 3. The molecule has 0 radical (unpaired) electrons.